The number of amides is 1. The predicted octanol–water partition coefficient (Wildman–Crippen LogP) is 5.62. The third-order valence-corrected chi connectivity index (χ3v) is 13.2. The minimum atomic E-state index is -0.963. The molecule has 1 aliphatic heterocycles. The van der Waals surface area contributed by atoms with Crippen molar-refractivity contribution in [2.45, 2.75) is 84.2 Å². The topological polar surface area (TPSA) is 128 Å². The van der Waals surface area contributed by atoms with Gasteiger partial charge in [0.1, 0.15) is 23.7 Å². The number of carbonyl (C=O) groups is 2. The van der Waals surface area contributed by atoms with E-state index in [2.05, 4.69) is 31.1 Å². The highest BCUT2D eigenvalue weighted by Crippen LogP contribution is 2.63. The molecule has 3 saturated carbocycles. The minimum Gasteiger partial charge on any atom is -0.496 e. The Morgan fingerprint density at radius 2 is 1.88 bits per heavy atom. The zero-order valence-corrected chi connectivity index (χ0v) is 35.0. The maximum Gasteiger partial charge on any atom is 0.251 e. The van der Waals surface area contributed by atoms with E-state index in [-0.39, 0.29) is 46.9 Å². The molecule has 4 fully saturated rings. The molecule has 7 rings (SSSR count). The lowest BCUT2D eigenvalue weighted by atomic mass is 9.43. The SMILES string of the molecule is COc1c(-c2cc(C(=O)NC(Cc3ccccn3)CN(C)C)cc(N(C)C)c2)ccc(F)c1CN1OC(CO)[C@@H]([C@H](C)O)[C@H]1C(=O)C[C@H]1C[C@H]2C[C@@H](C1C)C2(C)C. The third-order valence-electron chi connectivity index (χ3n) is 13.2. The first-order chi connectivity index (χ1) is 27.0. The van der Waals surface area contributed by atoms with Crippen LogP contribution in [0.5, 0.6) is 5.75 Å². The van der Waals surface area contributed by atoms with Gasteiger partial charge in [-0.05, 0) is 111 Å². The Morgan fingerprint density at radius 1 is 1.12 bits per heavy atom. The standard InChI is InChI=1S/C45H62FN5O6/c1-26-28(17-31-21-37(26)45(31,3)4)20-39(54)42-41(27(2)53)40(25-52)57-51(42)24-36-38(46)14-13-35(43(36)56-9)29-16-30(19-34(18-29)50(7)8)44(55)48-33(23-49(5)6)22-32-12-10-11-15-47-32/h10-16,18-19,26-28,31,33,37,40-42,52-53H,17,20-25H2,1-9H3,(H,48,55)/t26?,27-,28+,31-,33?,37-,40?,41+,42+/m0/s1. The van der Waals surface area contributed by atoms with Gasteiger partial charge < -0.3 is 30.1 Å². The molecule has 3 N–H and O–H groups in total. The van der Waals surface area contributed by atoms with E-state index in [4.69, 9.17) is 9.57 Å². The second-order valence-electron chi connectivity index (χ2n) is 17.8. The van der Waals surface area contributed by atoms with Gasteiger partial charge in [0.15, 0.2) is 5.78 Å². The molecule has 3 aliphatic carbocycles. The number of hydrogen-bond acceptors (Lipinski definition) is 10. The van der Waals surface area contributed by atoms with E-state index >= 15 is 4.39 Å². The highest BCUT2D eigenvalue weighted by Gasteiger charge is 2.57. The van der Waals surface area contributed by atoms with E-state index in [1.165, 1.54) is 24.7 Å². The monoisotopic (exact) mass is 787 g/mol. The number of aliphatic hydroxyl groups is 2. The van der Waals surface area contributed by atoms with Gasteiger partial charge in [0.05, 0.1) is 26.4 Å². The summed E-state index contributed by atoms with van der Waals surface area (Å²) in [6, 6.07) is 13.1. The molecular formula is C45H62FN5O6. The van der Waals surface area contributed by atoms with E-state index in [1.807, 2.05) is 68.3 Å². The van der Waals surface area contributed by atoms with Crippen molar-refractivity contribution in [3.8, 4) is 16.9 Å². The second-order valence-corrected chi connectivity index (χ2v) is 17.8. The van der Waals surface area contributed by atoms with E-state index in [9.17, 15) is 19.8 Å². The van der Waals surface area contributed by atoms with Crippen molar-refractivity contribution in [1.82, 2.24) is 20.3 Å². The number of Topliss-reactive ketones (excluding diaryl/α,β-unsaturated/α-hetero) is 1. The number of carbonyl (C=O) groups excluding carboxylic acids is 2. The number of benzene rings is 2. The fraction of sp³-hybridized carbons (Fsp3) is 0.578. The van der Waals surface area contributed by atoms with Crippen molar-refractivity contribution >= 4 is 17.4 Å². The number of anilines is 1. The summed E-state index contributed by atoms with van der Waals surface area (Å²) in [5, 5.41) is 26.0. The van der Waals surface area contributed by atoms with Gasteiger partial charge in [0.25, 0.3) is 5.91 Å². The van der Waals surface area contributed by atoms with Crippen molar-refractivity contribution in [3.63, 3.8) is 0 Å². The number of ether oxygens (including phenoxy) is 1. The Morgan fingerprint density at radius 3 is 2.47 bits per heavy atom. The van der Waals surface area contributed by atoms with Crippen LogP contribution in [0.4, 0.5) is 10.1 Å². The molecule has 1 aromatic heterocycles. The van der Waals surface area contributed by atoms with Crippen LogP contribution in [-0.4, -0.2) is 110 Å². The number of aliphatic hydroxyl groups excluding tert-OH is 2. The van der Waals surface area contributed by atoms with Crippen LogP contribution in [0.15, 0.2) is 54.7 Å². The molecule has 9 atom stereocenters. The first-order valence-electron chi connectivity index (χ1n) is 20.3. The molecular weight excluding hydrogens is 726 g/mol. The number of aromatic nitrogens is 1. The summed E-state index contributed by atoms with van der Waals surface area (Å²) in [4.78, 5) is 43.0. The number of methoxy groups -OCH3 is 1. The Kier molecular flexibility index (Phi) is 13.1. The van der Waals surface area contributed by atoms with Crippen molar-refractivity contribution in [2.24, 2.45) is 35.0 Å². The maximum atomic E-state index is 16.1. The van der Waals surface area contributed by atoms with Crippen molar-refractivity contribution < 1.29 is 33.8 Å². The average molecular weight is 788 g/mol. The van der Waals surface area contributed by atoms with Gasteiger partial charge in [0.2, 0.25) is 0 Å². The van der Waals surface area contributed by atoms with E-state index in [0.29, 0.717) is 53.8 Å². The smallest absolute Gasteiger partial charge is 0.251 e. The molecule has 0 spiro atoms. The zero-order valence-electron chi connectivity index (χ0n) is 35.0. The summed E-state index contributed by atoms with van der Waals surface area (Å²) >= 11 is 0. The maximum absolute atomic E-state index is 16.1. The van der Waals surface area contributed by atoms with Gasteiger partial charge in [-0.3, -0.25) is 19.4 Å². The van der Waals surface area contributed by atoms with Gasteiger partial charge in [-0.1, -0.05) is 26.8 Å². The van der Waals surface area contributed by atoms with Gasteiger partial charge in [-0.15, -0.1) is 0 Å². The summed E-state index contributed by atoms with van der Waals surface area (Å²) in [6.07, 6.45) is 2.98. The van der Waals surface area contributed by atoms with Crippen LogP contribution in [0.1, 0.15) is 68.6 Å². The zero-order chi connectivity index (χ0) is 41.3. The molecule has 57 heavy (non-hydrogen) atoms. The molecule has 1 amide bonds. The van der Waals surface area contributed by atoms with Crippen LogP contribution in [0.2, 0.25) is 0 Å². The molecule has 12 heteroatoms. The van der Waals surface area contributed by atoms with Crippen LogP contribution >= 0.6 is 0 Å². The molecule has 1 saturated heterocycles. The Labute approximate surface area is 337 Å². The number of nitrogens with one attached hydrogen (secondary N) is 1. The molecule has 3 aromatic rings. The van der Waals surface area contributed by atoms with Gasteiger partial charge >= 0.3 is 0 Å². The minimum absolute atomic E-state index is 0.0757. The van der Waals surface area contributed by atoms with Crippen molar-refractivity contribution in [2.75, 3.05) is 53.4 Å². The van der Waals surface area contributed by atoms with Gasteiger partial charge in [-0.25, -0.2) is 4.39 Å². The Balaban J connectivity index is 1.31. The van der Waals surface area contributed by atoms with E-state index in [1.54, 1.807) is 25.3 Å². The molecule has 3 unspecified atom stereocenters. The highest BCUT2D eigenvalue weighted by molar-refractivity contribution is 5.97. The highest BCUT2D eigenvalue weighted by atomic mass is 19.1. The van der Waals surface area contributed by atoms with Gasteiger partial charge in [-0.2, -0.15) is 5.06 Å². The first-order valence-corrected chi connectivity index (χ1v) is 20.3. The molecule has 0 radical (unpaired) electrons. The second kappa shape index (κ2) is 17.5. The fourth-order valence-corrected chi connectivity index (χ4v) is 10.0. The predicted molar refractivity (Wildman–Crippen MR) is 219 cm³/mol. The summed E-state index contributed by atoms with van der Waals surface area (Å²) in [7, 11) is 9.16. The average Bonchev–Trinajstić information content (AvgIpc) is 3.54. The van der Waals surface area contributed by atoms with Gasteiger partial charge in [0, 0.05) is 79.7 Å². The number of pyridine rings is 1. The van der Waals surface area contributed by atoms with E-state index < -0.39 is 36.6 Å². The molecule has 2 aromatic carbocycles. The molecule has 11 nitrogen and oxygen atoms in total. The van der Waals surface area contributed by atoms with Crippen LogP contribution in [-0.2, 0) is 22.6 Å². The third kappa shape index (κ3) is 8.90. The Hall–Kier alpha value is -3.94. The van der Waals surface area contributed by atoms with Crippen LogP contribution in [0, 0.1) is 40.8 Å². The lowest BCUT2D eigenvalue weighted by Crippen LogP contribution is -2.55. The van der Waals surface area contributed by atoms with Crippen molar-refractivity contribution in [3.05, 3.63) is 77.4 Å². The normalized spacial score (nSPS) is 26.4. The van der Waals surface area contributed by atoms with Crippen LogP contribution in [0.25, 0.3) is 11.1 Å². The number of likely N-dealkylation sites (N-methyl/N-ethyl adjacent to an activating group) is 1. The fourth-order valence-electron chi connectivity index (χ4n) is 10.0. The first kappa shape index (κ1) is 42.7. The lowest BCUT2D eigenvalue weighted by Gasteiger charge is -2.62. The van der Waals surface area contributed by atoms with Crippen LogP contribution in [0.3, 0.4) is 0 Å². The summed E-state index contributed by atoms with van der Waals surface area (Å²) in [5.74, 6) is 0.351. The quantitative estimate of drug-likeness (QED) is 0.169. The van der Waals surface area contributed by atoms with E-state index in [0.717, 1.165) is 17.8 Å². The number of hydrogen-bond donors (Lipinski definition) is 3. The van der Waals surface area contributed by atoms with Crippen LogP contribution < -0.4 is 15.0 Å². The number of hydroxylamine groups is 2. The molecule has 310 valence electrons. The Bertz CT molecular complexity index is 1890. The number of nitrogens with zero attached hydrogens (tertiary/aromatic N) is 4. The van der Waals surface area contributed by atoms with Crippen molar-refractivity contribution in [1.29, 1.82) is 0 Å². The molecule has 4 aliphatic rings. The number of halogens is 1. The number of rotatable bonds is 16. The summed E-state index contributed by atoms with van der Waals surface area (Å²) in [5.41, 5.74) is 3.67. The number of ketones is 1. The summed E-state index contributed by atoms with van der Waals surface area (Å²) < 4.78 is 22.1. The lowest BCUT2D eigenvalue weighted by molar-refractivity contribution is -0.183. The summed E-state index contributed by atoms with van der Waals surface area (Å²) in [6.45, 7) is 8.55. The number of fused-ring (bicyclic) bond motifs is 2. The molecule has 2 heterocycles. The largest absolute Gasteiger partial charge is 0.496 e. The molecule has 2 bridgehead atoms.